The summed E-state index contributed by atoms with van der Waals surface area (Å²) in [4.78, 5) is 56.3. The SMILES string of the molecule is Cc1ccc(N2C(=O)c3ccc(C(=O)N4[C@H](C(=O)c5ccccc5)[C@@H]4c4ccccc4)cc3C2=O)cc1C. The summed E-state index contributed by atoms with van der Waals surface area (Å²) in [5.41, 5.74) is 4.62. The number of Topliss-reactive ketones (excluding diaryl/α,β-unsaturated/α-hetero) is 1. The number of fused-ring (bicyclic) bond motifs is 1. The fourth-order valence-electron chi connectivity index (χ4n) is 5.14. The van der Waals surface area contributed by atoms with Gasteiger partial charge in [0.05, 0.1) is 22.9 Å². The van der Waals surface area contributed by atoms with E-state index in [2.05, 4.69) is 0 Å². The molecule has 2 aliphatic heterocycles. The predicted molar refractivity (Wildman–Crippen MR) is 143 cm³/mol. The second-order valence-electron chi connectivity index (χ2n) is 9.72. The number of benzene rings is 4. The van der Waals surface area contributed by atoms with Crippen molar-refractivity contribution in [1.29, 1.82) is 0 Å². The molecule has 0 radical (unpaired) electrons. The molecule has 0 spiro atoms. The minimum absolute atomic E-state index is 0.138. The molecule has 6 heteroatoms. The van der Waals surface area contributed by atoms with E-state index >= 15 is 0 Å². The third-order valence-electron chi connectivity index (χ3n) is 7.39. The number of nitrogens with zero attached hydrogens (tertiary/aromatic N) is 2. The van der Waals surface area contributed by atoms with Crippen LogP contribution in [0, 0.1) is 13.8 Å². The van der Waals surface area contributed by atoms with Gasteiger partial charge in [0.2, 0.25) is 0 Å². The molecule has 3 amide bonds. The van der Waals surface area contributed by atoms with Crippen LogP contribution in [0.15, 0.2) is 97.1 Å². The molecule has 4 aromatic carbocycles. The molecule has 4 aromatic rings. The van der Waals surface area contributed by atoms with Crippen LogP contribution in [0.4, 0.5) is 5.69 Å². The summed E-state index contributed by atoms with van der Waals surface area (Å²) in [6, 6.07) is 27.3. The highest BCUT2D eigenvalue weighted by Gasteiger charge is 2.56. The summed E-state index contributed by atoms with van der Waals surface area (Å²) in [7, 11) is 0. The predicted octanol–water partition coefficient (Wildman–Crippen LogP) is 5.55. The maximum Gasteiger partial charge on any atom is 0.266 e. The van der Waals surface area contributed by atoms with E-state index in [1.165, 1.54) is 12.1 Å². The third kappa shape index (κ3) is 3.73. The summed E-state index contributed by atoms with van der Waals surface area (Å²) < 4.78 is 0. The van der Waals surface area contributed by atoms with Crippen LogP contribution >= 0.6 is 0 Å². The molecule has 0 bridgehead atoms. The topological polar surface area (TPSA) is 74.5 Å². The Balaban J connectivity index is 1.33. The van der Waals surface area contributed by atoms with Gasteiger partial charge in [-0.25, -0.2) is 4.90 Å². The Morgan fingerprint density at radius 1 is 0.658 bits per heavy atom. The zero-order chi connectivity index (χ0) is 26.6. The first kappa shape index (κ1) is 23.6. The van der Waals surface area contributed by atoms with Crippen LogP contribution < -0.4 is 4.90 Å². The van der Waals surface area contributed by atoms with E-state index in [1.54, 1.807) is 41.3 Å². The second-order valence-corrected chi connectivity index (χ2v) is 9.72. The number of imide groups is 1. The van der Waals surface area contributed by atoms with Gasteiger partial charge in [0.25, 0.3) is 17.7 Å². The average Bonchev–Trinajstić information content (AvgIpc) is 3.64. The average molecular weight is 501 g/mol. The fraction of sp³-hybridized carbons (Fsp3) is 0.125. The Labute approximate surface area is 220 Å². The molecular weight excluding hydrogens is 476 g/mol. The smallest absolute Gasteiger partial charge is 0.266 e. The van der Waals surface area contributed by atoms with Crippen molar-refractivity contribution in [3.05, 3.63) is 136 Å². The summed E-state index contributed by atoms with van der Waals surface area (Å²) in [5, 5.41) is 0. The van der Waals surface area contributed by atoms with Crippen molar-refractivity contribution < 1.29 is 19.2 Å². The highest BCUT2D eigenvalue weighted by molar-refractivity contribution is 6.34. The van der Waals surface area contributed by atoms with E-state index < -0.39 is 23.9 Å². The van der Waals surface area contributed by atoms with Gasteiger partial charge in [-0.3, -0.25) is 19.2 Å². The van der Waals surface area contributed by atoms with Gasteiger partial charge in [0.1, 0.15) is 6.04 Å². The normalized spacial score (nSPS) is 17.9. The lowest BCUT2D eigenvalue weighted by Gasteiger charge is -2.15. The molecule has 2 atom stereocenters. The molecule has 1 saturated heterocycles. The Hall–Kier alpha value is -4.84. The van der Waals surface area contributed by atoms with Crippen molar-refractivity contribution in [2.24, 2.45) is 0 Å². The molecule has 0 aliphatic carbocycles. The Morgan fingerprint density at radius 3 is 2.00 bits per heavy atom. The number of ketones is 1. The molecular formula is C32H24N2O4. The first-order valence-electron chi connectivity index (χ1n) is 12.4. The summed E-state index contributed by atoms with van der Waals surface area (Å²) in [5.74, 6) is -1.38. The van der Waals surface area contributed by atoms with Crippen molar-refractivity contribution in [3.63, 3.8) is 0 Å². The summed E-state index contributed by atoms with van der Waals surface area (Å²) in [6.45, 7) is 3.89. The minimum Gasteiger partial charge on any atom is -0.316 e. The lowest BCUT2D eigenvalue weighted by Crippen LogP contribution is -2.29. The molecule has 0 N–H and O–H groups in total. The van der Waals surface area contributed by atoms with Crippen LogP contribution in [0.1, 0.15) is 64.2 Å². The summed E-state index contributed by atoms with van der Waals surface area (Å²) in [6.07, 6.45) is 0. The van der Waals surface area contributed by atoms with Gasteiger partial charge in [-0.1, -0.05) is 66.7 Å². The molecule has 2 heterocycles. The van der Waals surface area contributed by atoms with Crippen molar-refractivity contribution in [2.45, 2.75) is 25.9 Å². The fourth-order valence-corrected chi connectivity index (χ4v) is 5.14. The van der Waals surface area contributed by atoms with Crippen LogP contribution in [0.2, 0.25) is 0 Å². The second kappa shape index (κ2) is 8.92. The number of carbonyl (C=O) groups is 4. The maximum absolute atomic E-state index is 13.7. The lowest BCUT2D eigenvalue weighted by atomic mass is 10.0. The number of hydrogen-bond acceptors (Lipinski definition) is 4. The van der Waals surface area contributed by atoms with E-state index in [0.29, 0.717) is 11.3 Å². The van der Waals surface area contributed by atoms with Gasteiger partial charge in [-0.2, -0.15) is 0 Å². The molecule has 38 heavy (non-hydrogen) atoms. The monoisotopic (exact) mass is 500 g/mol. The van der Waals surface area contributed by atoms with E-state index in [9.17, 15) is 19.2 Å². The van der Waals surface area contributed by atoms with Crippen molar-refractivity contribution in [1.82, 2.24) is 4.90 Å². The molecule has 1 fully saturated rings. The zero-order valence-corrected chi connectivity index (χ0v) is 20.9. The van der Waals surface area contributed by atoms with Crippen LogP contribution in [0.25, 0.3) is 0 Å². The minimum atomic E-state index is -0.648. The van der Waals surface area contributed by atoms with Gasteiger partial charge < -0.3 is 4.90 Å². The van der Waals surface area contributed by atoms with Gasteiger partial charge in [-0.15, -0.1) is 0 Å². The number of carbonyl (C=O) groups excluding carboxylic acids is 4. The molecule has 2 aliphatic rings. The quantitative estimate of drug-likeness (QED) is 0.205. The van der Waals surface area contributed by atoms with Crippen molar-refractivity contribution >= 4 is 29.2 Å². The lowest BCUT2D eigenvalue weighted by molar-refractivity contribution is 0.0833. The van der Waals surface area contributed by atoms with Gasteiger partial charge in [-0.05, 0) is 60.9 Å². The van der Waals surface area contributed by atoms with E-state index in [0.717, 1.165) is 21.6 Å². The summed E-state index contributed by atoms with van der Waals surface area (Å²) >= 11 is 0. The van der Waals surface area contributed by atoms with E-state index in [-0.39, 0.29) is 28.4 Å². The number of anilines is 1. The molecule has 186 valence electrons. The highest BCUT2D eigenvalue weighted by Crippen LogP contribution is 2.46. The highest BCUT2D eigenvalue weighted by atomic mass is 16.2. The first-order valence-corrected chi connectivity index (χ1v) is 12.4. The maximum atomic E-state index is 13.7. The van der Waals surface area contributed by atoms with Crippen molar-refractivity contribution in [3.8, 4) is 0 Å². The zero-order valence-electron chi connectivity index (χ0n) is 20.9. The van der Waals surface area contributed by atoms with Crippen LogP contribution in [0.5, 0.6) is 0 Å². The van der Waals surface area contributed by atoms with Gasteiger partial charge in [0.15, 0.2) is 5.78 Å². The van der Waals surface area contributed by atoms with Crippen LogP contribution in [0.3, 0.4) is 0 Å². The number of aryl methyl sites for hydroxylation is 2. The largest absolute Gasteiger partial charge is 0.316 e. The number of rotatable bonds is 5. The Morgan fingerprint density at radius 2 is 1.32 bits per heavy atom. The third-order valence-corrected chi connectivity index (χ3v) is 7.39. The standard InChI is InChI=1S/C32H24N2O4/c1-19-13-15-24(17-20(19)2)33-31(37)25-16-14-23(18-26(25)32(33)38)30(36)34-27(21-9-5-3-6-10-21)28(34)29(35)22-11-7-4-8-12-22/h3-18,27-28H,1-2H3/t27-,28-,34?/m0/s1. The van der Waals surface area contributed by atoms with Crippen molar-refractivity contribution in [2.75, 3.05) is 4.90 Å². The molecule has 6 rings (SSSR count). The van der Waals surface area contributed by atoms with E-state index in [1.807, 2.05) is 62.4 Å². The first-order chi connectivity index (χ1) is 18.4. The van der Waals surface area contributed by atoms with Gasteiger partial charge >= 0.3 is 0 Å². The van der Waals surface area contributed by atoms with Crippen LogP contribution in [-0.4, -0.2) is 34.4 Å². The number of hydrogen-bond donors (Lipinski definition) is 0. The Kier molecular flexibility index (Phi) is 5.53. The molecule has 6 nitrogen and oxygen atoms in total. The van der Waals surface area contributed by atoms with Crippen LogP contribution in [-0.2, 0) is 0 Å². The molecule has 0 saturated carbocycles. The number of amides is 3. The Bertz CT molecular complexity index is 1630. The van der Waals surface area contributed by atoms with E-state index in [4.69, 9.17) is 0 Å². The molecule has 0 unspecified atom stereocenters. The molecule has 0 aromatic heterocycles. The van der Waals surface area contributed by atoms with Gasteiger partial charge in [0, 0.05) is 11.1 Å².